The van der Waals surface area contributed by atoms with Gasteiger partial charge in [-0.2, -0.15) is 0 Å². The number of halogens is 1. The average molecular weight is 279 g/mol. The zero-order valence-electron chi connectivity index (χ0n) is 11.2. The van der Waals surface area contributed by atoms with Crippen molar-refractivity contribution in [3.05, 3.63) is 29.1 Å². The number of aliphatic hydroxyl groups is 1. The minimum atomic E-state index is -0.946. The van der Waals surface area contributed by atoms with Gasteiger partial charge in [-0.1, -0.05) is 0 Å². The van der Waals surface area contributed by atoms with Gasteiger partial charge in [0, 0.05) is 24.3 Å². The Morgan fingerprint density at radius 3 is 2.95 bits per heavy atom. The summed E-state index contributed by atoms with van der Waals surface area (Å²) in [6, 6.07) is 2.96. The van der Waals surface area contributed by atoms with Gasteiger partial charge in [0.05, 0.1) is 6.10 Å². The van der Waals surface area contributed by atoms with Crippen LogP contribution in [0, 0.1) is 5.82 Å². The Kier molecular flexibility index (Phi) is 3.72. The van der Waals surface area contributed by atoms with Crippen molar-refractivity contribution in [2.45, 2.75) is 44.3 Å². The number of benzene rings is 1. The van der Waals surface area contributed by atoms with E-state index in [4.69, 9.17) is 4.74 Å². The lowest BCUT2D eigenvalue weighted by atomic mass is 9.93. The van der Waals surface area contributed by atoms with E-state index in [9.17, 15) is 14.3 Å². The van der Waals surface area contributed by atoms with Gasteiger partial charge in [0.25, 0.3) is 0 Å². The van der Waals surface area contributed by atoms with Gasteiger partial charge in [0.2, 0.25) is 5.91 Å². The highest BCUT2D eigenvalue weighted by Crippen LogP contribution is 2.32. The molecular formula is C15H18FNO3. The lowest BCUT2D eigenvalue weighted by molar-refractivity contribution is -0.116. The number of rotatable bonds is 2. The molecule has 0 saturated carbocycles. The molecule has 4 nitrogen and oxygen atoms in total. The van der Waals surface area contributed by atoms with Crippen molar-refractivity contribution in [2.75, 3.05) is 11.9 Å². The van der Waals surface area contributed by atoms with Gasteiger partial charge in [0.1, 0.15) is 11.9 Å². The summed E-state index contributed by atoms with van der Waals surface area (Å²) in [6.45, 7) is 0.615. The highest BCUT2D eigenvalue weighted by molar-refractivity contribution is 5.93. The molecule has 2 heterocycles. The maximum Gasteiger partial charge on any atom is 0.224 e. The van der Waals surface area contributed by atoms with Crippen LogP contribution in [0.2, 0.25) is 0 Å². The predicted molar refractivity (Wildman–Crippen MR) is 71.9 cm³/mol. The van der Waals surface area contributed by atoms with Gasteiger partial charge in [0.15, 0.2) is 0 Å². The van der Waals surface area contributed by atoms with E-state index in [-0.39, 0.29) is 17.6 Å². The van der Waals surface area contributed by atoms with E-state index >= 15 is 0 Å². The van der Waals surface area contributed by atoms with Gasteiger partial charge >= 0.3 is 0 Å². The van der Waals surface area contributed by atoms with Crippen molar-refractivity contribution in [3.8, 4) is 0 Å². The van der Waals surface area contributed by atoms with Crippen LogP contribution in [-0.4, -0.2) is 23.7 Å². The van der Waals surface area contributed by atoms with Crippen LogP contribution in [0.25, 0.3) is 0 Å². The molecule has 1 aromatic rings. The van der Waals surface area contributed by atoms with E-state index in [0.717, 1.165) is 24.8 Å². The number of hydrogen-bond acceptors (Lipinski definition) is 3. The molecule has 2 aliphatic rings. The van der Waals surface area contributed by atoms with Crippen LogP contribution in [0.15, 0.2) is 12.1 Å². The lowest BCUT2D eigenvalue weighted by Gasteiger charge is -2.28. The van der Waals surface area contributed by atoms with Gasteiger partial charge in [-0.25, -0.2) is 4.39 Å². The van der Waals surface area contributed by atoms with Gasteiger partial charge in [-0.3, -0.25) is 4.79 Å². The van der Waals surface area contributed by atoms with Crippen LogP contribution in [-0.2, 0) is 16.0 Å². The Hall–Kier alpha value is -1.46. The minimum absolute atomic E-state index is 0.0965. The molecule has 1 saturated heterocycles. The number of ether oxygens (including phenoxy) is 1. The van der Waals surface area contributed by atoms with Crippen LogP contribution < -0.4 is 5.32 Å². The summed E-state index contributed by atoms with van der Waals surface area (Å²) in [5.74, 6) is -0.589. The second-order valence-electron chi connectivity index (χ2n) is 5.43. The van der Waals surface area contributed by atoms with Gasteiger partial charge in [-0.05, 0) is 43.4 Å². The van der Waals surface area contributed by atoms with Crippen LogP contribution in [0.3, 0.4) is 0 Å². The monoisotopic (exact) mass is 279 g/mol. The molecule has 1 aromatic carbocycles. The first-order chi connectivity index (χ1) is 9.65. The van der Waals surface area contributed by atoms with E-state index in [1.54, 1.807) is 6.07 Å². The lowest BCUT2D eigenvalue weighted by Crippen LogP contribution is -2.27. The number of carbonyl (C=O) groups is 1. The topological polar surface area (TPSA) is 58.6 Å². The van der Waals surface area contributed by atoms with Crippen molar-refractivity contribution >= 4 is 11.6 Å². The molecule has 3 rings (SSSR count). The third-order valence-electron chi connectivity index (χ3n) is 4.00. The van der Waals surface area contributed by atoms with Crippen molar-refractivity contribution in [1.82, 2.24) is 0 Å². The van der Waals surface area contributed by atoms with Crippen molar-refractivity contribution in [2.24, 2.45) is 0 Å². The van der Waals surface area contributed by atoms with E-state index in [1.807, 2.05) is 0 Å². The van der Waals surface area contributed by atoms with Gasteiger partial charge in [-0.15, -0.1) is 0 Å². The smallest absolute Gasteiger partial charge is 0.224 e. The summed E-state index contributed by atoms with van der Waals surface area (Å²) in [4.78, 5) is 11.3. The first-order valence-electron chi connectivity index (χ1n) is 7.07. The second-order valence-corrected chi connectivity index (χ2v) is 5.43. The van der Waals surface area contributed by atoms with Crippen LogP contribution in [0.5, 0.6) is 0 Å². The Balaban J connectivity index is 1.87. The fourth-order valence-electron chi connectivity index (χ4n) is 2.86. The molecule has 2 atom stereocenters. The summed E-state index contributed by atoms with van der Waals surface area (Å²) >= 11 is 0. The van der Waals surface area contributed by atoms with Crippen LogP contribution >= 0.6 is 0 Å². The number of aryl methyl sites for hydroxylation is 1. The molecule has 0 bridgehead atoms. The number of fused-ring (bicyclic) bond motifs is 1. The van der Waals surface area contributed by atoms with E-state index in [1.165, 1.54) is 6.07 Å². The summed E-state index contributed by atoms with van der Waals surface area (Å²) < 4.78 is 19.7. The predicted octanol–water partition coefficient (Wildman–Crippen LogP) is 2.31. The standard InChI is InChI=1S/C15H18FNO3/c16-11-8-12-9(4-5-14(18)17-12)7-10(11)15(19)13-3-1-2-6-20-13/h7-8,13,15,19H,1-6H2,(H,17,18). The molecule has 0 radical (unpaired) electrons. The minimum Gasteiger partial charge on any atom is -0.386 e. The number of amides is 1. The van der Waals surface area contributed by atoms with Crippen molar-refractivity contribution in [1.29, 1.82) is 0 Å². The summed E-state index contributed by atoms with van der Waals surface area (Å²) in [5.41, 5.74) is 1.65. The van der Waals surface area contributed by atoms with Crippen LogP contribution in [0.1, 0.15) is 42.9 Å². The third-order valence-corrected chi connectivity index (χ3v) is 4.00. The van der Waals surface area contributed by atoms with E-state index < -0.39 is 11.9 Å². The third kappa shape index (κ3) is 2.55. The van der Waals surface area contributed by atoms with Crippen molar-refractivity contribution in [3.63, 3.8) is 0 Å². The summed E-state index contributed by atoms with van der Waals surface area (Å²) in [7, 11) is 0. The Bertz CT molecular complexity index is 526. The molecule has 0 aromatic heterocycles. The number of carbonyl (C=O) groups excluding carboxylic acids is 1. The molecule has 1 amide bonds. The fraction of sp³-hybridized carbons (Fsp3) is 0.533. The molecule has 20 heavy (non-hydrogen) atoms. The van der Waals surface area contributed by atoms with E-state index in [0.29, 0.717) is 25.1 Å². The largest absolute Gasteiger partial charge is 0.386 e. The maximum atomic E-state index is 14.1. The molecule has 108 valence electrons. The molecule has 2 N–H and O–H groups in total. The first-order valence-corrected chi connectivity index (χ1v) is 7.07. The molecule has 5 heteroatoms. The SMILES string of the molecule is O=C1CCc2cc(C(O)C3CCCCO3)c(F)cc2N1. The van der Waals surface area contributed by atoms with Crippen LogP contribution in [0.4, 0.5) is 10.1 Å². The Morgan fingerprint density at radius 2 is 2.20 bits per heavy atom. The molecule has 0 spiro atoms. The number of anilines is 1. The maximum absolute atomic E-state index is 14.1. The summed E-state index contributed by atoms with van der Waals surface area (Å²) in [6.07, 6.45) is 2.41. The molecule has 2 aliphatic heterocycles. The molecule has 2 unspecified atom stereocenters. The average Bonchev–Trinajstić information content (AvgIpc) is 2.46. The first kappa shape index (κ1) is 13.5. The van der Waals surface area contributed by atoms with Crippen molar-refractivity contribution < 1.29 is 19.0 Å². The zero-order valence-corrected chi connectivity index (χ0v) is 11.2. The Labute approximate surface area is 116 Å². The molecular weight excluding hydrogens is 261 g/mol. The number of nitrogens with one attached hydrogen (secondary N) is 1. The highest BCUT2D eigenvalue weighted by atomic mass is 19.1. The second kappa shape index (κ2) is 5.50. The molecule has 1 fully saturated rings. The normalized spacial score (nSPS) is 23.9. The quantitative estimate of drug-likeness (QED) is 0.873. The van der Waals surface area contributed by atoms with Gasteiger partial charge < -0.3 is 15.2 Å². The van der Waals surface area contributed by atoms with E-state index in [2.05, 4.69) is 5.32 Å². The number of hydrogen-bond donors (Lipinski definition) is 2. The molecule has 0 aliphatic carbocycles. The fourth-order valence-corrected chi connectivity index (χ4v) is 2.86. The number of aliphatic hydroxyl groups excluding tert-OH is 1. The zero-order chi connectivity index (χ0) is 14.1. The highest BCUT2D eigenvalue weighted by Gasteiger charge is 2.28. The summed E-state index contributed by atoms with van der Waals surface area (Å²) in [5, 5.41) is 13.0. The Morgan fingerprint density at radius 1 is 1.35 bits per heavy atom.